The minimum Gasteiger partial charge on any atom is -0.442 e. The van der Waals surface area contributed by atoms with Crippen molar-refractivity contribution in [3.05, 3.63) is 20.2 Å². The lowest BCUT2D eigenvalue weighted by molar-refractivity contribution is -0.793. The monoisotopic (exact) mass is 210 g/mol. The van der Waals surface area contributed by atoms with Gasteiger partial charge in [-0.25, -0.2) is 4.79 Å². The zero-order chi connectivity index (χ0) is 10.6. The second kappa shape index (κ2) is 4.03. The first kappa shape index (κ1) is 11.6. The topological polar surface area (TPSA) is 113 Å². The van der Waals surface area contributed by atoms with E-state index in [1.54, 1.807) is 0 Å². The van der Waals surface area contributed by atoms with Crippen LogP contribution in [0.3, 0.4) is 0 Å². The van der Waals surface area contributed by atoms with Gasteiger partial charge in [-0.05, 0) is 0 Å². The van der Waals surface area contributed by atoms with Crippen molar-refractivity contribution in [3.63, 3.8) is 0 Å². The van der Waals surface area contributed by atoms with Crippen LogP contribution < -0.4 is 0 Å². The molecule has 0 aromatic carbocycles. The Balaban J connectivity index is 4.52. The minimum absolute atomic E-state index is 0.740. The highest BCUT2D eigenvalue weighted by molar-refractivity contribution is 7.96. The van der Waals surface area contributed by atoms with E-state index in [0.29, 0.717) is 0 Å². The summed E-state index contributed by atoms with van der Waals surface area (Å²) in [6, 6.07) is 0. The quantitative estimate of drug-likeness (QED) is 0.235. The highest BCUT2D eigenvalue weighted by atomic mass is 32.1. The molecule has 8 nitrogen and oxygen atoms in total. The van der Waals surface area contributed by atoms with Gasteiger partial charge in [0, 0.05) is 0 Å². The first-order chi connectivity index (χ1) is 5.80. The Morgan fingerprint density at radius 2 is 1.85 bits per heavy atom. The molecular formula is C4H6N2O6S. The van der Waals surface area contributed by atoms with Gasteiger partial charge in [-0.1, -0.05) is 12.6 Å². The summed E-state index contributed by atoms with van der Waals surface area (Å²) < 4.78 is 4.07. The van der Waals surface area contributed by atoms with Crippen molar-refractivity contribution in [3.8, 4) is 0 Å². The SMILES string of the molecule is CC(COC(=O)S)([N+](=O)[O-])[N+](=O)[O-]. The predicted octanol–water partition coefficient (Wildman–Crippen LogP) is 0.322. The lowest BCUT2D eigenvalue weighted by Gasteiger charge is -2.11. The molecule has 0 aliphatic rings. The molecule has 0 saturated carbocycles. The largest absolute Gasteiger partial charge is 0.488 e. The number of carbonyl (C=O) groups excluding carboxylic acids is 1. The lowest BCUT2D eigenvalue weighted by atomic mass is 10.2. The second-order valence-corrected chi connectivity index (χ2v) is 2.65. The van der Waals surface area contributed by atoms with Gasteiger partial charge in [-0.15, -0.1) is 0 Å². The summed E-state index contributed by atoms with van der Waals surface area (Å²) in [5.74, 6) is 0. The minimum atomic E-state index is -2.52. The summed E-state index contributed by atoms with van der Waals surface area (Å²) in [6.07, 6.45) is 0. The molecule has 74 valence electrons. The lowest BCUT2D eigenvalue weighted by Crippen LogP contribution is -2.47. The van der Waals surface area contributed by atoms with Crippen LogP contribution in [0.4, 0.5) is 4.79 Å². The average molecular weight is 210 g/mol. The first-order valence-electron chi connectivity index (χ1n) is 2.95. The van der Waals surface area contributed by atoms with Crippen molar-refractivity contribution in [1.82, 2.24) is 0 Å². The van der Waals surface area contributed by atoms with E-state index in [-0.39, 0.29) is 0 Å². The molecule has 0 spiro atoms. The maximum absolute atomic E-state index is 10.2. The molecule has 0 aromatic rings. The summed E-state index contributed by atoms with van der Waals surface area (Å²) in [5.41, 5.74) is -2.52. The second-order valence-electron chi connectivity index (χ2n) is 2.29. The summed E-state index contributed by atoms with van der Waals surface area (Å²) >= 11 is 3.14. The van der Waals surface area contributed by atoms with Gasteiger partial charge in [0.15, 0.2) is 0 Å². The molecule has 0 aliphatic carbocycles. The fourth-order valence-electron chi connectivity index (χ4n) is 0.371. The number of hydrogen-bond donors (Lipinski definition) is 1. The van der Waals surface area contributed by atoms with Crippen LogP contribution in [-0.4, -0.2) is 27.4 Å². The number of hydrogen-bond acceptors (Lipinski definition) is 6. The Morgan fingerprint density at radius 1 is 1.46 bits per heavy atom. The van der Waals surface area contributed by atoms with Crippen molar-refractivity contribution in [2.24, 2.45) is 0 Å². The molecular weight excluding hydrogens is 204 g/mol. The van der Waals surface area contributed by atoms with E-state index < -0.39 is 27.4 Å². The van der Waals surface area contributed by atoms with Crippen LogP contribution in [0.15, 0.2) is 0 Å². The van der Waals surface area contributed by atoms with Gasteiger partial charge in [0.2, 0.25) is 6.61 Å². The first-order valence-corrected chi connectivity index (χ1v) is 3.40. The molecule has 9 heteroatoms. The Labute approximate surface area is 77.6 Å². The van der Waals surface area contributed by atoms with Gasteiger partial charge in [-0.2, -0.15) is 0 Å². The van der Waals surface area contributed by atoms with Gasteiger partial charge in [-0.3, -0.25) is 20.2 Å². The van der Waals surface area contributed by atoms with Crippen LogP contribution >= 0.6 is 12.6 Å². The van der Waals surface area contributed by atoms with Crippen molar-refractivity contribution in [2.45, 2.75) is 12.6 Å². The van der Waals surface area contributed by atoms with Crippen molar-refractivity contribution >= 4 is 17.9 Å². The van der Waals surface area contributed by atoms with E-state index >= 15 is 0 Å². The van der Waals surface area contributed by atoms with Crippen LogP contribution in [-0.2, 0) is 4.74 Å². The standard InChI is InChI=1S/C4H6N2O6S/c1-4(5(8)9,6(10)11)2-12-3(7)13/h2H2,1H3,(H,7,13). The molecule has 0 aromatic heterocycles. The number of carbonyl (C=O) groups is 1. The van der Waals surface area contributed by atoms with E-state index in [4.69, 9.17) is 0 Å². The summed E-state index contributed by atoms with van der Waals surface area (Å²) in [7, 11) is 0. The molecule has 0 rings (SSSR count). The Morgan fingerprint density at radius 3 is 2.08 bits per heavy atom. The Hall–Kier alpha value is -1.38. The third-order valence-electron chi connectivity index (χ3n) is 1.26. The zero-order valence-electron chi connectivity index (χ0n) is 6.50. The normalized spacial score (nSPS) is 10.6. The number of rotatable bonds is 4. The van der Waals surface area contributed by atoms with Crippen LogP contribution in [0.5, 0.6) is 0 Å². The highest BCUT2D eigenvalue weighted by Gasteiger charge is 2.52. The van der Waals surface area contributed by atoms with Crippen LogP contribution in [0.25, 0.3) is 0 Å². The van der Waals surface area contributed by atoms with Crippen molar-refractivity contribution < 1.29 is 19.4 Å². The van der Waals surface area contributed by atoms with E-state index in [1.807, 2.05) is 0 Å². The number of nitrogens with zero attached hydrogens (tertiary/aromatic N) is 2. The third-order valence-corrected chi connectivity index (χ3v) is 1.38. The summed E-state index contributed by atoms with van der Waals surface area (Å²) in [5, 5.41) is 19.3. The van der Waals surface area contributed by atoms with E-state index in [0.717, 1.165) is 6.92 Å². The Bertz CT molecular complexity index is 239. The smallest absolute Gasteiger partial charge is 0.442 e. The van der Waals surface area contributed by atoms with Gasteiger partial charge >= 0.3 is 11.0 Å². The molecule has 0 unspecified atom stereocenters. The molecule has 13 heavy (non-hydrogen) atoms. The number of nitro groups is 2. The van der Waals surface area contributed by atoms with Gasteiger partial charge in [0.05, 0.1) is 6.92 Å². The average Bonchev–Trinajstić information content (AvgIpc) is 1.99. The molecule has 0 radical (unpaired) electrons. The maximum Gasteiger partial charge on any atom is 0.488 e. The number of ether oxygens (including phenoxy) is 1. The maximum atomic E-state index is 10.2. The van der Waals surface area contributed by atoms with Gasteiger partial charge < -0.3 is 4.74 Å². The zero-order valence-corrected chi connectivity index (χ0v) is 7.39. The van der Waals surface area contributed by atoms with Crippen molar-refractivity contribution in [1.29, 1.82) is 0 Å². The molecule has 0 bridgehead atoms. The highest BCUT2D eigenvalue weighted by Crippen LogP contribution is 2.10. The summed E-state index contributed by atoms with van der Waals surface area (Å²) in [4.78, 5) is 28.3. The molecule has 0 heterocycles. The summed E-state index contributed by atoms with van der Waals surface area (Å²) in [6.45, 7) is -0.209. The molecule has 0 aliphatic heterocycles. The molecule has 0 fully saturated rings. The molecule has 0 atom stereocenters. The predicted molar refractivity (Wildman–Crippen MR) is 42.7 cm³/mol. The third kappa shape index (κ3) is 2.86. The van der Waals surface area contributed by atoms with E-state index in [9.17, 15) is 25.0 Å². The molecule has 0 N–H and O–H groups in total. The van der Waals surface area contributed by atoms with Gasteiger partial charge in [0.1, 0.15) is 9.85 Å². The number of thiol groups is 1. The Kier molecular flexibility index (Phi) is 3.60. The molecule has 0 amide bonds. The fourth-order valence-corrected chi connectivity index (χ4v) is 0.435. The van der Waals surface area contributed by atoms with E-state index in [2.05, 4.69) is 17.4 Å². The molecule has 0 saturated heterocycles. The van der Waals surface area contributed by atoms with Crippen LogP contribution in [0, 0.1) is 20.2 Å². The van der Waals surface area contributed by atoms with E-state index in [1.165, 1.54) is 0 Å². The fraction of sp³-hybridized carbons (Fsp3) is 0.750. The van der Waals surface area contributed by atoms with Gasteiger partial charge in [0.25, 0.3) is 0 Å². The van der Waals surface area contributed by atoms with Crippen LogP contribution in [0.2, 0.25) is 0 Å². The van der Waals surface area contributed by atoms with Crippen molar-refractivity contribution in [2.75, 3.05) is 6.61 Å². The van der Waals surface area contributed by atoms with Crippen LogP contribution in [0.1, 0.15) is 6.92 Å².